The Morgan fingerprint density at radius 2 is 2.04 bits per heavy atom. The van der Waals surface area contributed by atoms with Crippen LogP contribution >= 0.6 is 11.8 Å². The maximum Gasteiger partial charge on any atom is 0.193 e. The van der Waals surface area contributed by atoms with Crippen LogP contribution in [0.25, 0.3) is 0 Å². The van der Waals surface area contributed by atoms with Crippen LogP contribution in [0.2, 0.25) is 0 Å². The minimum absolute atomic E-state index is 0.743. The summed E-state index contributed by atoms with van der Waals surface area (Å²) in [5, 5.41) is 3.49. The van der Waals surface area contributed by atoms with E-state index in [0.717, 1.165) is 77.3 Å². The van der Waals surface area contributed by atoms with Gasteiger partial charge in [-0.3, -0.25) is 9.89 Å². The Balaban J connectivity index is 1.40. The molecule has 0 radical (unpaired) electrons. The van der Waals surface area contributed by atoms with Crippen LogP contribution in [0, 0.1) is 5.92 Å². The summed E-state index contributed by atoms with van der Waals surface area (Å²) in [5.41, 5.74) is 0. The van der Waals surface area contributed by atoms with Crippen molar-refractivity contribution in [3.05, 3.63) is 30.3 Å². The number of hydrogen-bond acceptors (Lipinski definition) is 4. The Labute approximate surface area is 168 Å². The molecule has 0 aromatic heterocycles. The highest BCUT2D eigenvalue weighted by Crippen LogP contribution is 2.25. The van der Waals surface area contributed by atoms with Gasteiger partial charge in [0.15, 0.2) is 5.96 Å². The molecule has 1 N–H and O–H groups in total. The lowest BCUT2D eigenvalue weighted by Gasteiger charge is -2.26. The molecule has 6 heteroatoms. The van der Waals surface area contributed by atoms with Crippen molar-refractivity contribution in [1.29, 1.82) is 0 Å². The lowest BCUT2D eigenvalue weighted by Crippen LogP contribution is -2.40. The van der Waals surface area contributed by atoms with Gasteiger partial charge in [-0.2, -0.15) is 0 Å². The predicted octanol–water partition coefficient (Wildman–Crippen LogP) is 2.79. The normalized spacial score (nSPS) is 21.6. The van der Waals surface area contributed by atoms with Crippen LogP contribution in [0.15, 0.2) is 40.2 Å². The van der Waals surface area contributed by atoms with Gasteiger partial charge in [-0.15, -0.1) is 11.8 Å². The average molecular weight is 391 g/mol. The number of hydrogen-bond donors (Lipinski definition) is 1. The first-order valence-electron chi connectivity index (χ1n) is 10.4. The van der Waals surface area contributed by atoms with E-state index in [4.69, 9.17) is 9.73 Å². The van der Waals surface area contributed by atoms with Gasteiger partial charge in [-0.25, -0.2) is 0 Å². The van der Waals surface area contributed by atoms with E-state index in [-0.39, 0.29) is 0 Å². The molecule has 0 spiro atoms. The van der Waals surface area contributed by atoms with Gasteiger partial charge in [-0.05, 0) is 37.8 Å². The quantitative estimate of drug-likeness (QED) is 0.320. The number of morpholine rings is 1. The van der Waals surface area contributed by atoms with Gasteiger partial charge in [0.05, 0.1) is 13.2 Å². The van der Waals surface area contributed by atoms with E-state index in [1.807, 2.05) is 11.8 Å². The van der Waals surface area contributed by atoms with Crippen molar-refractivity contribution in [1.82, 2.24) is 15.1 Å². The van der Waals surface area contributed by atoms with Crippen LogP contribution in [-0.2, 0) is 4.74 Å². The van der Waals surface area contributed by atoms with Gasteiger partial charge >= 0.3 is 0 Å². The number of thioether (sulfide) groups is 1. The third-order valence-electron chi connectivity index (χ3n) is 5.15. The largest absolute Gasteiger partial charge is 0.379 e. The lowest BCUT2D eigenvalue weighted by atomic mass is 10.2. The highest BCUT2D eigenvalue weighted by atomic mass is 32.2. The standard InChI is InChI=1S/C21H34N4OS/c1-2-22-21(23-10-6-11-24-13-15-26-16-14-24)25-12-9-19(17-25)18-27-20-7-4-3-5-8-20/h3-5,7-8,19H,2,6,9-18H2,1H3,(H,22,23). The molecular formula is C21H34N4OS. The third kappa shape index (κ3) is 7.01. The summed E-state index contributed by atoms with van der Waals surface area (Å²) in [6.07, 6.45) is 2.38. The van der Waals surface area contributed by atoms with Crippen LogP contribution in [0.4, 0.5) is 0 Å². The predicted molar refractivity (Wildman–Crippen MR) is 115 cm³/mol. The summed E-state index contributed by atoms with van der Waals surface area (Å²) in [4.78, 5) is 11.2. The molecule has 27 heavy (non-hydrogen) atoms. The first-order chi connectivity index (χ1) is 13.3. The Kier molecular flexibility index (Phi) is 8.78. The zero-order chi connectivity index (χ0) is 18.7. The van der Waals surface area contributed by atoms with Crippen molar-refractivity contribution in [2.24, 2.45) is 10.9 Å². The molecule has 150 valence electrons. The van der Waals surface area contributed by atoms with Gasteiger partial charge in [0.1, 0.15) is 0 Å². The summed E-state index contributed by atoms with van der Waals surface area (Å²) in [7, 11) is 0. The molecule has 0 bridgehead atoms. The zero-order valence-electron chi connectivity index (χ0n) is 16.6. The monoisotopic (exact) mass is 390 g/mol. The van der Waals surface area contributed by atoms with Gasteiger partial charge in [0, 0.05) is 56.5 Å². The minimum Gasteiger partial charge on any atom is -0.379 e. The first-order valence-corrected chi connectivity index (χ1v) is 11.3. The van der Waals surface area contributed by atoms with E-state index in [0.29, 0.717) is 0 Å². The number of likely N-dealkylation sites (tertiary alicyclic amines) is 1. The Morgan fingerprint density at radius 1 is 1.22 bits per heavy atom. The molecule has 1 aromatic rings. The van der Waals surface area contributed by atoms with E-state index >= 15 is 0 Å². The van der Waals surface area contributed by atoms with E-state index in [1.165, 1.54) is 17.1 Å². The molecule has 0 saturated carbocycles. The molecule has 5 nitrogen and oxygen atoms in total. The van der Waals surface area contributed by atoms with E-state index in [9.17, 15) is 0 Å². The number of nitrogens with zero attached hydrogens (tertiary/aromatic N) is 3. The molecule has 0 aliphatic carbocycles. The molecule has 3 rings (SSSR count). The molecule has 1 atom stereocenters. The molecule has 2 fully saturated rings. The topological polar surface area (TPSA) is 40.1 Å². The molecule has 2 aliphatic heterocycles. The minimum atomic E-state index is 0.743. The molecule has 2 saturated heterocycles. The van der Waals surface area contributed by atoms with Gasteiger partial charge in [-0.1, -0.05) is 18.2 Å². The Hall–Kier alpha value is -1.24. The smallest absolute Gasteiger partial charge is 0.193 e. The second-order valence-corrected chi connectivity index (χ2v) is 8.36. The SMILES string of the molecule is CCNC(=NCCCN1CCOCC1)N1CCC(CSc2ccccc2)C1. The fraction of sp³-hybridized carbons (Fsp3) is 0.667. The van der Waals surface area contributed by atoms with Crippen LogP contribution in [0.3, 0.4) is 0 Å². The highest BCUT2D eigenvalue weighted by molar-refractivity contribution is 7.99. The maximum absolute atomic E-state index is 5.41. The first kappa shape index (κ1) is 20.5. The Bertz CT molecular complexity index is 563. The third-order valence-corrected chi connectivity index (χ3v) is 6.39. The molecule has 2 aliphatic rings. The second kappa shape index (κ2) is 11.6. The van der Waals surface area contributed by atoms with Crippen LogP contribution in [-0.4, -0.2) is 80.5 Å². The van der Waals surface area contributed by atoms with Crippen molar-refractivity contribution in [2.75, 3.05) is 64.8 Å². The number of ether oxygens (including phenoxy) is 1. The van der Waals surface area contributed by atoms with E-state index < -0.39 is 0 Å². The highest BCUT2D eigenvalue weighted by Gasteiger charge is 2.24. The average Bonchev–Trinajstić information content (AvgIpc) is 3.19. The maximum atomic E-state index is 5.41. The van der Waals surface area contributed by atoms with Crippen molar-refractivity contribution in [3.8, 4) is 0 Å². The molecule has 1 aromatic carbocycles. The number of benzene rings is 1. The van der Waals surface area contributed by atoms with Crippen molar-refractivity contribution < 1.29 is 4.74 Å². The lowest BCUT2D eigenvalue weighted by molar-refractivity contribution is 0.0377. The zero-order valence-corrected chi connectivity index (χ0v) is 17.4. The summed E-state index contributed by atoms with van der Waals surface area (Å²) in [6.45, 7) is 11.2. The summed E-state index contributed by atoms with van der Waals surface area (Å²) >= 11 is 1.98. The fourth-order valence-electron chi connectivity index (χ4n) is 3.62. The van der Waals surface area contributed by atoms with Gasteiger partial charge < -0.3 is 15.0 Å². The van der Waals surface area contributed by atoms with Crippen LogP contribution < -0.4 is 5.32 Å². The summed E-state index contributed by atoms with van der Waals surface area (Å²) < 4.78 is 5.41. The van der Waals surface area contributed by atoms with Crippen LogP contribution in [0.1, 0.15) is 19.8 Å². The van der Waals surface area contributed by atoms with E-state index in [1.54, 1.807) is 0 Å². The number of rotatable bonds is 8. The molecular weight excluding hydrogens is 356 g/mol. The second-order valence-electron chi connectivity index (χ2n) is 7.27. The van der Waals surface area contributed by atoms with Crippen LogP contribution in [0.5, 0.6) is 0 Å². The number of aliphatic imine (C=N–C) groups is 1. The molecule has 1 unspecified atom stereocenters. The molecule has 0 amide bonds. The van der Waals surface area contributed by atoms with Crippen molar-refractivity contribution in [3.63, 3.8) is 0 Å². The van der Waals surface area contributed by atoms with Gasteiger partial charge in [0.25, 0.3) is 0 Å². The number of guanidine groups is 1. The molecule has 2 heterocycles. The summed E-state index contributed by atoms with van der Waals surface area (Å²) in [6, 6.07) is 10.7. The van der Waals surface area contributed by atoms with Crippen molar-refractivity contribution >= 4 is 17.7 Å². The number of nitrogens with one attached hydrogen (secondary N) is 1. The summed E-state index contributed by atoms with van der Waals surface area (Å²) in [5.74, 6) is 3.04. The van der Waals surface area contributed by atoms with Gasteiger partial charge in [0.2, 0.25) is 0 Å². The Morgan fingerprint density at radius 3 is 2.81 bits per heavy atom. The van der Waals surface area contributed by atoms with Crippen molar-refractivity contribution in [2.45, 2.75) is 24.7 Å². The van der Waals surface area contributed by atoms with E-state index in [2.05, 4.69) is 52.4 Å². The fourth-order valence-corrected chi connectivity index (χ4v) is 4.67.